The third-order valence-electron chi connectivity index (χ3n) is 1.94. The van der Waals surface area contributed by atoms with Crippen molar-refractivity contribution < 1.29 is 14.3 Å². The normalized spacial score (nSPS) is 11.1. The molecule has 0 amide bonds. The topological polar surface area (TPSA) is 55.3 Å². The molecular weight excluding hydrogens is 187 g/mol. The van der Waals surface area contributed by atoms with Gasteiger partial charge in [0.15, 0.2) is 0 Å². The van der Waals surface area contributed by atoms with Crippen LogP contribution in [0.4, 0.5) is 0 Å². The molecule has 0 heterocycles. The van der Waals surface area contributed by atoms with Crippen molar-refractivity contribution in [1.29, 1.82) is 0 Å². The van der Waals surface area contributed by atoms with Crippen molar-refractivity contribution in [2.45, 2.75) is 51.9 Å². The minimum atomic E-state index is -2.63. The van der Waals surface area contributed by atoms with Crippen molar-refractivity contribution >= 4 is 8.60 Å². The molecule has 0 atom stereocenters. The minimum Gasteiger partial charge on any atom is -0.820 e. The van der Waals surface area contributed by atoms with E-state index in [1.807, 2.05) is 0 Å². The lowest BCUT2D eigenvalue weighted by Crippen LogP contribution is -2.11. The molecule has 80 valence electrons. The van der Waals surface area contributed by atoms with E-state index in [4.69, 9.17) is 0 Å². The van der Waals surface area contributed by atoms with Crippen LogP contribution < -0.4 is 9.79 Å². The summed E-state index contributed by atoms with van der Waals surface area (Å²) in [6.45, 7) is 2.55. The van der Waals surface area contributed by atoms with Gasteiger partial charge in [-0.3, -0.25) is 0 Å². The summed E-state index contributed by atoms with van der Waals surface area (Å²) in [5, 5.41) is 0. The van der Waals surface area contributed by atoms with Crippen LogP contribution in [0.1, 0.15) is 51.9 Å². The number of hydrogen-bond acceptors (Lipinski definition) is 3. The Morgan fingerprint density at radius 1 is 0.923 bits per heavy atom. The summed E-state index contributed by atoms with van der Waals surface area (Å²) in [6.07, 6.45) is 8.26. The maximum absolute atomic E-state index is 9.99. The highest BCUT2D eigenvalue weighted by Gasteiger charge is 1.89. The van der Waals surface area contributed by atoms with Crippen molar-refractivity contribution in [2.75, 3.05) is 6.61 Å². The monoisotopic (exact) mass is 206 g/mol. The van der Waals surface area contributed by atoms with E-state index < -0.39 is 8.60 Å². The Hall–Kier alpha value is 0.310. The molecule has 0 rings (SSSR count). The summed E-state index contributed by atoms with van der Waals surface area (Å²) < 4.78 is 4.42. The van der Waals surface area contributed by atoms with Gasteiger partial charge >= 0.3 is 0 Å². The number of rotatable bonds is 9. The molecule has 0 aromatic carbocycles. The van der Waals surface area contributed by atoms with Crippen LogP contribution in [0, 0.1) is 0 Å². The number of unbranched alkanes of at least 4 members (excludes halogenated alkanes) is 6. The van der Waals surface area contributed by atoms with Gasteiger partial charge in [-0.15, -0.1) is 0 Å². The molecule has 13 heavy (non-hydrogen) atoms. The zero-order valence-corrected chi connectivity index (χ0v) is 9.22. The molecule has 0 unspecified atom stereocenters. The molecule has 0 spiro atoms. The molecule has 0 bridgehead atoms. The average Bonchev–Trinajstić information content (AvgIpc) is 2.09. The Kier molecular flexibility index (Phi) is 10.6. The maximum atomic E-state index is 9.99. The van der Waals surface area contributed by atoms with Crippen LogP contribution >= 0.6 is 8.60 Å². The molecule has 0 aliphatic heterocycles. The quantitative estimate of drug-likeness (QED) is 0.426. The predicted octanol–water partition coefficient (Wildman–Crippen LogP) is 1.70. The van der Waals surface area contributed by atoms with Gasteiger partial charge in [-0.25, -0.2) is 0 Å². The van der Waals surface area contributed by atoms with E-state index in [1.165, 1.54) is 32.1 Å². The summed E-state index contributed by atoms with van der Waals surface area (Å²) in [6, 6.07) is 0. The van der Waals surface area contributed by atoms with Gasteiger partial charge in [0, 0.05) is 6.61 Å². The first-order valence-electron chi connectivity index (χ1n) is 5.04. The highest BCUT2D eigenvalue weighted by molar-refractivity contribution is 7.36. The molecule has 0 N–H and O–H groups in total. The summed E-state index contributed by atoms with van der Waals surface area (Å²) in [7, 11) is -2.63. The molecule has 0 aromatic rings. The molecule has 0 radical (unpaired) electrons. The molecule has 0 saturated carbocycles. The number of hydrogen-bond donors (Lipinski definition) is 0. The molecule has 3 nitrogen and oxygen atoms in total. The van der Waals surface area contributed by atoms with E-state index >= 15 is 0 Å². The highest BCUT2D eigenvalue weighted by atomic mass is 31.2. The fraction of sp³-hybridized carbons (Fsp3) is 1.00. The minimum absolute atomic E-state index is 0.354. The van der Waals surface area contributed by atoms with E-state index in [-0.39, 0.29) is 0 Å². The fourth-order valence-corrected chi connectivity index (χ4v) is 1.48. The fourth-order valence-electron chi connectivity index (χ4n) is 1.20. The second-order valence-corrected chi connectivity index (χ2v) is 3.88. The van der Waals surface area contributed by atoms with E-state index in [2.05, 4.69) is 11.4 Å². The third kappa shape index (κ3) is 12.3. The van der Waals surface area contributed by atoms with Gasteiger partial charge in [0.2, 0.25) is 0 Å². The van der Waals surface area contributed by atoms with E-state index in [9.17, 15) is 9.79 Å². The lowest BCUT2D eigenvalue weighted by atomic mass is 10.1. The molecule has 0 fully saturated rings. The van der Waals surface area contributed by atoms with Crippen LogP contribution in [0.15, 0.2) is 0 Å². The van der Waals surface area contributed by atoms with Gasteiger partial charge in [0.25, 0.3) is 0 Å². The first kappa shape index (κ1) is 13.3. The second kappa shape index (κ2) is 10.4. The Balaban J connectivity index is 2.84. The van der Waals surface area contributed by atoms with Crippen LogP contribution in [-0.4, -0.2) is 6.61 Å². The van der Waals surface area contributed by atoms with Crippen molar-refractivity contribution in [3.63, 3.8) is 0 Å². The van der Waals surface area contributed by atoms with E-state index in [0.717, 1.165) is 12.8 Å². The molecule has 0 saturated heterocycles. The Labute approximate surface area is 82.1 Å². The standard InChI is InChI=1S/C9H19O3P/c1-2-3-4-5-6-7-8-9-12-13(10)11/h2-9H2,1H3/q-2. The zero-order chi connectivity index (χ0) is 9.94. The molecule has 4 heteroatoms. The molecule has 0 aliphatic carbocycles. The predicted molar refractivity (Wildman–Crippen MR) is 50.9 cm³/mol. The largest absolute Gasteiger partial charge is 0.820 e. The second-order valence-electron chi connectivity index (χ2n) is 3.18. The van der Waals surface area contributed by atoms with Crippen molar-refractivity contribution in [3.8, 4) is 0 Å². The summed E-state index contributed by atoms with van der Waals surface area (Å²) in [4.78, 5) is 20.0. The van der Waals surface area contributed by atoms with Crippen LogP contribution in [0.5, 0.6) is 0 Å². The smallest absolute Gasteiger partial charge is 0.0476 e. The van der Waals surface area contributed by atoms with Crippen LogP contribution in [0.25, 0.3) is 0 Å². The molecular formula is C9H19O3P-2. The average molecular weight is 206 g/mol. The first-order chi connectivity index (χ1) is 6.27. The van der Waals surface area contributed by atoms with Gasteiger partial charge in [0.1, 0.15) is 0 Å². The third-order valence-corrected chi connectivity index (χ3v) is 2.34. The Morgan fingerprint density at radius 2 is 1.46 bits per heavy atom. The lowest BCUT2D eigenvalue weighted by Gasteiger charge is -2.28. The van der Waals surface area contributed by atoms with Crippen molar-refractivity contribution in [2.24, 2.45) is 0 Å². The molecule has 0 aliphatic rings. The first-order valence-corrected chi connectivity index (χ1v) is 6.14. The van der Waals surface area contributed by atoms with E-state index in [0.29, 0.717) is 6.61 Å². The Bertz CT molecular complexity index is 98.9. The van der Waals surface area contributed by atoms with Gasteiger partial charge < -0.3 is 14.3 Å². The SMILES string of the molecule is CCCCCCCCCOP([O-])[O-]. The van der Waals surface area contributed by atoms with Crippen LogP contribution in [0.2, 0.25) is 0 Å². The summed E-state index contributed by atoms with van der Waals surface area (Å²) in [5.74, 6) is 0. The van der Waals surface area contributed by atoms with Gasteiger partial charge in [0.05, 0.1) is 0 Å². The van der Waals surface area contributed by atoms with E-state index in [1.54, 1.807) is 0 Å². The summed E-state index contributed by atoms with van der Waals surface area (Å²) >= 11 is 0. The maximum Gasteiger partial charge on any atom is 0.0476 e. The zero-order valence-electron chi connectivity index (χ0n) is 8.33. The van der Waals surface area contributed by atoms with Gasteiger partial charge in [-0.2, -0.15) is 8.60 Å². The lowest BCUT2D eigenvalue weighted by molar-refractivity contribution is -0.318. The highest BCUT2D eigenvalue weighted by Crippen LogP contribution is 2.14. The van der Waals surface area contributed by atoms with Gasteiger partial charge in [-0.1, -0.05) is 45.4 Å². The van der Waals surface area contributed by atoms with Crippen molar-refractivity contribution in [3.05, 3.63) is 0 Å². The summed E-state index contributed by atoms with van der Waals surface area (Å²) in [5.41, 5.74) is 0. The van der Waals surface area contributed by atoms with Gasteiger partial charge in [-0.05, 0) is 6.42 Å². The Morgan fingerprint density at radius 3 is 2.00 bits per heavy atom. The van der Waals surface area contributed by atoms with Crippen LogP contribution in [0.3, 0.4) is 0 Å². The van der Waals surface area contributed by atoms with Crippen LogP contribution in [-0.2, 0) is 4.52 Å². The molecule has 0 aromatic heterocycles. The van der Waals surface area contributed by atoms with Crippen molar-refractivity contribution in [1.82, 2.24) is 0 Å².